The number of aliphatic carboxylic acids is 3. The van der Waals surface area contributed by atoms with Crippen molar-refractivity contribution < 1.29 is 83.6 Å². The van der Waals surface area contributed by atoms with Gasteiger partial charge in [-0.1, -0.05) is 32.1 Å². The highest BCUT2D eigenvalue weighted by Gasteiger charge is 2.37. The first-order chi connectivity index (χ1) is 32.6. The van der Waals surface area contributed by atoms with Crippen LogP contribution < -0.4 is 26.4 Å². The number of carbonyl (C=O) groups is 6. The van der Waals surface area contributed by atoms with E-state index in [4.69, 9.17) is 14.6 Å². The van der Waals surface area contributed by atoms with Gasteiger partial charge >= 0.3 is 17.9 Å². The highest BCUT2D eigenvalue weighted by atomic mass is 32.2. The highest BCUT2D eigenvalue weighted by molar-refractivity contribution is 7.91. The van der Waals surface area contributed by atoms with Crippen LogP contribution >= 0.6 is 0 Å². The minimum Gasteiger partial charge on any atom is -0.480 e. The quantitative estimate of drug-likeness (QED) is 0.0389. The molecule has 0 radical (unpaired) electrons. The number of carboxylic acid groups (broad SMARTS) is 3. The van der Waals surface area contributed by atoms with E-state index in [0.29, 0.717) is 25.7 Å². The summed E-state index contributed by atoms with van der Waals surface area (Å²) in [5, 5.41) is 43.7. The zero-order chi connectivity index (χ0) is 51.1. The number of nitrogens with zero attached hydrogens (tertiary/aromatic N) is 3. The molecule has 1 atom stereocenters. The van der Waals surface area contributed by atoms with Gasteiger partial charge in [-0.05, 0) is 19.3 Å². The minimum absolute atomic E-state index is 0.0129. The number of amides is 3. The topological polar surface area (TPSA) is 334 Å². The van der Waals surface area contributed by atoms with E-state index in [1.807, 2.05) is 0 Å². The Morgan fingerprint density at radius 2 is 1.10 bits per heavy atom. The van der Waals surface area contributed by atoms with Crippen LogP contribution in [-0.2, 0) is 58.1 Å². The number of benzene rings is 1. The van der Waals surface area contributed by atoms with E-state index < -0.39 is 107 Å². The van der Waals surface area contributed by atoms with E-state index in [2.05, 4.69) is 21.3 Å². The summed E-state index contributed by atoms with van der Waals surface area (Å²) in [6.07, 6.45) is 3.82. The summed E-state index contributed by atoms with van der Waals surface area (Å²) in [4.78, 5) is 73.6. The first-order valence-corrected chi connectivity index (χ1v) is 25.8. The van der Waals surface area contributed by atoms with Crippen molar-refractivity contribution in [3.63, 3.8) is 0 Å². The van der Waals surface area contributed by atoms with Crippen LogP contribution in [0.3, 0.4) is 0 Å². The van der Waals surface area contributed by atoms with Gasteiger partial charge in [0.15, 0.2) is 32.2 Å². The number of nitrogens with one attached hydrogen (secondary N) is 4. The molecule has 392 valence electrons. The third-order valence-corrected chi connectivity index (χ3v) is 14.0. The Morgan fingerprint density at radius 1 is 0.623 bits per heavy atom. The number of rotatable bonds is 28. The molecule has 1 aromatic rings. The normalized spacial score (nSPS) is 16.8. The molecule has 1 aliphatic carbocycles. The van der Waals surface area contributed by atoms with E-state index in [0.717, 1.165) is 19.3 Å². The van der Waals surface area contributed by atoms with Crippen LogP contribution in [0, 0.1) is 17.5 Å². The van der Waals surface area contributed by atoms with Gasteiger partial charge in [0, 0.05) is 84.2 Å². The molecule has 1 heterocycles. The maximum Gasteiger partial charge on any atom is 0.320 e. The van der Waals surface area contributed by atoms with Crippen LogP contribution in [0.25, 0.3) is 0 Å². The Balaban J connectivity index is 1.32. The van der Waals surface area contributed by atoms with Crippen molar-refractivity contribution in [1.82, 2.24) is 30.7 Å². The summed E-state index contributed by atoms with van der Waals surface area (Å²) < 4.78 is 107. The van der Waals surface area contributed by atoms with Crippen molar-refractivity contribution in [3.8, 4) is 0 Å². The van der Waals surface area contributed by atoms with Crippen molar-refractivity contribution >= 4 is 61.2 Å². The van der Waals surface area contributed by atoms with Crippen molar-refractivity contribution in [3.05, 3.63) is 17.5 Å². The average Bonchev–Trinajstić information content (AvgIpc) is 3.33. The lowest BCUT2D eigenvalue weighted by atomic mass is 9.96. The summed E-state index contributed by atoms with van der Waals surface area (Å²) in [5.74, 6) is -12.4. The van der Waals surface area contributed by atoms with E-state index in [1.54, 1.807) is 14.7 Å². The van der Waals surface area contributed by atoms with Gasteiger partial charge in [0.25, 0.3) is 0 Å². The van der Waals surface area contributed by atoms with E-state index in [1.165, 1.54) is 0 Å². The Kier molecular flexibility index (Phi) is 25.0. The minimum atomic E-state index is -5.16. The first-order valence-electron chi connectivity index (χ1n) is 22.6. The monoisotopic (exact) mass is 1030 g/mol. The number of sulfonamides is 1. The number of carboxylic acids is 3. The first kappa shape index (κ1) is 58.6. The van der Waals surface area contributed by atoms with Crippen LogP contribution in [0.4, 0.5) is 18.9 Å². The maximum atomic E-state index is 15.6. The second kappa shape index (κ2) is 29.5. The van der Waals surface area contributed by atoms with Crippen molar-refractivity contribution in [1.29, 1.82) is 0 Å². The fraction of sp³-hybridized carbons (Fsp3) is 0.707. The van der Waals surface area contributed by atoms with Gasteiger partial charge in [-0.25, -0.2) is 35.1 Å². The third kappa shape index (κ3) is 21.0. The van der Waals surface area contributed by atoms with E-state index in [-0.39, 0.29) is 124 Å². The predicted octanol–water partition coefficient (Wildman–Crippen LogP) is -0.466. The second-order valence-electron chi connectivity index (χ2n) is 16.6. The molecule has 1 aliphatic heterocycles. The van der Waals surface area contributed by atoms with E-state index in [9.17, 15) is 65.3 Å². The Labute approximate surface area is 398 Å². The molecule has 1 saturated heterocycles. The van der Waals surface area contributed by atoms with Gasteiger partial charge in [0.1, 0.15) is 10.9 Å². The van der Waals surface area contributed by atoms with Crippen molar-refractivity contribution in [2.45, 2.75) is 92.5 Å². The van der Waals surface area contributed by atoms with Gasteiger partial charge in [-0.15, -0.1) is 0 Å². The third-order valence-electron chi connectivity index (χ3n) is 11.3. The lowest BCUT2D eigenvalue weighted by Gasteiger charge is -2.30. The van der Waals surface area contributed by atoms with Crippen LogP contribution in [0.15, 0.2) is 9.79 Å². The smallest absolute Gasteiger partial charge is 0.320 e. The molecule has 3 rings (SSSR count). The second-order valence-corrected chi connectivity index (χ2v) is 20.1. The molecule has 3 amide bonds. The molecule has 0 aromatic heterocycles. The summed E-state index contributed by atoms with van der Waals surface area (Å²) in [5.41, 5.74) is -1.06. The fourth-order valence-electron chi connectivity index (χ4n) is 7.74. The molecule has 1 unspecified atom stereocenters. The zero-order valence-electron chi connectivity index (χ0n) is 38.4. The largest absolute Gasteiger partial charge is 0.480 e. The molecular formula is C41H65F3N8O15S2. The summed E-state index contributed by atoms with van der Waals surface area (Å²) in [6.45, 7) is 0.894. The molecule has 23 nitrogen and oxygen atoms in total. The number of ether oxygens (including phenoxy) is 2. The number of nitrogens with two attached hydrogens (primary N) is 1. The molecular weight excluding hydrogens is 966 g/mol. The van der Waals surface area contributed by atoms with Gasteiger partial charge in [-0.2, -0.15) is 0 Å². The van der Waals surface area contributed by atoms with Gasteiger partial charge in [-0.3, -0.25) is 43.5 Å². The Bertz CT molecular complexity index is 2110. The van der Waals surface area contributed by atoms with Crippen LogP contribution in [-0.4, -0.2) is 199 Å². The predicted molar refractivity (Wildman–Crippen MR) is 240 cm³/mol. The standard InChI is InChI=1S/C41H65F3N8O15S2/c42-35-36(43)40(38(37(44)39(35)69(45,64)65)49-28-6-4-2-1-3-5-7-28)68(62,63)25-11-32(55)48-14-22-67-24-23-66-21-10-31(54)47-13-12-46-30(53)9-8-29(41(60)61)52-19-17-50(26-33(56)57)15-16-51(18-20-52)27-34(58)59/h28-29,49H,1-27H2,(H,46,53)(H,47,54)(H,48,55)(H,56,57)(H,58,59)(H,60,61)(H2,45,64,65). The molecule has 0 bridgehead atoms. The number of primary sulfonamides is 1. The molecule has 0 spiro atoms. The molecule has 2 fully saturated rings. The molecule has 69 heavy (non-hydrogen) atoms. The number of anilines is 1. The highest BCUT2D eigenvalue weighted by Crippen LogP contribution is 2.37. The van der Waals surface area contributed by atoms with Gasteiger partial charge < -0.3 is 46.1 Å². The van der Waals surface area contributed by atoms with Crippen molar-refractivity contribution in [2.75, 3.05) is 109 Å². The lowest BCUT2D eigenvalue weighted by Crippen LogP contribution is -2.47. The van der Waals surface area contributed by atoms with Crippen LogP contribution in [0.2, 0.25) is 0 Å². The number of halogens is 3. The lowest BCUT2D eigenvalue weighted by molar-refractivity contribution is -0.144. The average molecular weight is 1030 g/mol. The number of carbonyl (C=O) groups excluding carboxylic acids is 3. The summed E-state index contributed by atoms with van der Waals surface area (Å²) in [6, 6.07) is -1.68. The van der Waals surface area contributed by atoms with Gasteiger partial charge in [0.2, 0.25) is 27.7 Å². The maximum absolute atomic E-state index is 15.6. The summed E-state index contributed by atoms with van der Waals surface area (Å²) in [7, 11) is -10.1. The molecule has 1 aromatic carbocycles. The number of hydrogen-bond acceptors (Lipinski definition) is 16. The molecule has 9 N–H and O–H groups in total. The van der Waals surface area contributed by atoms with E-state index >= 15 is 8.78 Å². The molecule has 2 aliphatic rings. The van der Waals surface area contributed by atoms with Crippen LogP contribution in [0.5, 0.6) is 0 Å². The molecule has 1 saturated carbocycles. The zero-order valence-corrected chi connectivity index (χ0v) is 40.0. The fourth-order valence-corrected chi connectivity index (χ4v) is 9.91. The van der Waals surface area contributed by atoms with Gasteiger partial charge in [0.05, 0.1) is 51.0 Å². The summed E-state index contributed by atoms with van der Waals surface area (Å²) >= 11 is 0. The number of hydrogen-bond donors (Lipinski definition) is 8. The Hall–Kier alpha value is -4.71. The Morgan fingerprint density at radius 3 is 1.64 bits per heavy atom. The van der Waals surface area contributed by atoms with Crippen LogP contribution in [0.1, 0.15) is 70.6 Å². The SMILES string of the molecule is NS(=O)(=O)c1c(F)c(F)c(S(=O)(=O)CCC(=O)NCCOCCOCCC(=O)NCCNC(=O)CCC(C(=O)O)N2CCN(CC(=O)O)CCN(CC(=O)O)CC2)c(NC2CCCCCCC2)c1F. The van der Waals surface area contributed by atoms with Crippen molar-refractivity contribution in [2.24, 2.45) is 5.14 Å². The molecule has 28 heteroatoms. The number of sulfone groups is 1.